The van der Waals surface area contributed by atoms with Crippen LogP contribution in [0.4, 0.5) is 0 Å². The molecule has 0 aliphatic carbocycles. The number of aromatic nitrogens is 4. The summed E-state index contributed by atoms with van der Waals surface area (Å²) in [6.07, 6.45) is 3.30. The Balaban J connectivity index is 1.36. The average Bonchev–Trinajstić information content (AvgIpc) is 3.30. The second-order valence-electron chi connectivity index (χ2n) is 8.82. The van der Waals surface area contributed by atoms with Crippen molar-refractivity contribution in [3.8, 4) is 5.75 Å². The number of morpholine rings is 1. The van der Waals surface area contributed by atoms with Crippen LogP contribution in [0.1, 0.15) is 37.8 Å². The van der Waals surface area contributed by atoms with Crippen LogP contribution in [0, 0.1) is 6.92 Å². The number of fused-ring (bicyclic) bond motifs is 1. The minimum Gasteiger partial charge on any atom is -0.497 e. The number of nitrogens with zero attached hydrogens (tertiary/aromatic N) is 5. The van der Waals surface area contributed by atoms with Crippen LogP contribution in [-0.4, -0.2) is 69.9 Å². The highest BCUT2D eigenvalue weighted by atomic mass is 16.5. The molecule has 10 nitrogen and oxygen atoms in total. The number of nitrogens with one attached hydrogen (secondary N) is 1. The third kappa shape index (κ3) is 5.44. The van der Waals surface area contributed by atoms with E-state index in [1.54, 1.807) is 29.1 Å². The molecule has 0 radical (unpaired) electrons. The SMILES string of the molecule is COc1ccc2c(c1)c(C(=O)NCc1cnc(C)cn1)nn2Cc1ccc(C(=O)N2CCOCC2)cc1. The first-order chi connectivity index (χ1) is 18.0. The van der Waals surface area contributed by atoms with E-state index in [4.69, 9.17) is 9.47 Å². The minimum atomic E-state index is -0.314. The summed E-state index contributed by atoms with van der Waals surface area (Å²) in [6.45, 7) is 4.87. The molecule has 1 aliphatic heterocycles. The zero-order chi connectivity index (χ0) is 25.8. The highest BCUT2D eigenvalue weighted by molar-refractivity contribution is 6.05. The molecule has 5 rings (SSSR count). The largest absolute Gasteiger partial charge is 0.497 e. The van der Waals surface area contributed by atoms with E-state index < -0.39 is 0 Å². The van der Waals surface area contributed by atoms with Crippen LogP contribution in [0.25, 0.3) is 10.9 Å². The molecular formula is C27H28N6O4. The molecule has 1 saturated heterocycles. The van der Waals surface area contributed by atoms with Gasteiger partial charge >= 0.3 is 0 Å². The van der Waals surface area contributed by atoms with Crippen molar-refractivity contribution in [1.82, 2.24) is 30.0 Å². The van der Waals surface area contributed by atoms with Gasteiger partial charge in [0.05, 0.1) is 56.5 Å². The van der Waals surface area contributed by atoms with Gasteiger partial charge in [0.1, 0.15) is 5.75 Å². The Hall–Kier alpha value is -4.31. The molecule has 1 fully saturated rings. The third-order valence-corrected chi connectivity index (χ3v) is 6.27. The maximum Gasteiger partial charge on any atom is 0.272 e. The quantitative estimate of drug-likeness (QED) is 0.415. The monoisotopic (exact) mass is 500 g/mol. The predicted molar refractivity (Wildman–Crippen MR) is 136 cm³/mol. The van der Waals surface area contributed by atoms with Crippen LogP contribution in [0.5, 0.6) is 5.75 Å². The summed E-state index contributed by atoms with van der Waals surface area (Å²) in [7, 11) is 1.58. The molecule has 0 bridgehead atoms. The summed E-state index contributed by atoms with van der Waals surface area (Å²) in [6, 6.07) is 13.0. The van der Waals surface area contributed by atoms with E-state index in [0.717, 1.165) is 16.8 Å². The molecule has 3 heterocycles. The highest BCUT2D eigenvalue weighted by Gasteiger charge is 2.20. The van der Waals surface area contributed by atoms with Gasteiger partial charge in [-0.2, -0.15) is 5.10 Å². The molecule has 1 aliphatic rings. The molecule has 190 valence electrons. The van der Waals surface area contributed by atoms with Crippen molar-refractivity contribution in [3.05, 3.63) is 83.1 Å². The molecule has 10 heteroatoms. The van der Waals surface area contributed by atoms with Crippen LogP contribution >= 0.6 is 0 Å². The second-order valence-corrected chi connectivity index (χ2v) is 8.82. The lowest BCUT2D eigenvalue weighted by atomic mass is 10.1. The molecule has 0 atom stereocenters. The van der Waals surface area contributed by atoms with Crippen molar-refractivity contribution in [2.75, 3.05) is 33.4 Å². The summed E-state index contributed by atoms with van der Waals surface area (Å²) in [4.78, 5) is 36.2. The van der Waals surface area contributed by atoms with E-state index in [0.29, 0.717) is 60.9 Å². The van der Waals surface area contributed by atoms with Gasteiger partial charge in [0.25, 0.3) is 11.8 Å². The number of hydrogen-bond acceptors (Lipinski definition) is 7. The maximum absolute atomic E-state index is 13.1. The van der Waals surface area contributed by atoms with Crippen molar-refractivity contribution >= 4 is 22.7 Å². The first kappa shape index (κ1) is 24.4. The van der Waals surface area contributed by atoms with E-state index in [1.807, 2.05) is 49.4 Å². The van der Waals surface area contributed by atoms with Crippen LogP contribution in [-0.2, 0) is 17.8 Å². The number of carbonyl (C=O) groups is 2. The minimum absolute atomic E-state index is 0.00343. The molecule has 37 heavy (non-hydrogen) atoms. The Kier molecular flexibility index (Phi) is 7.09. The van der Waals surface area contributed by atoms with Crippen LogP contribution in [0.15, 0.2) is 54.9 Å². The van der Waals surface area contributed by atoms with Crippen LogP contribution in [0.3, 0.4) is 0 Å². The van der Waals surface area contributed by atoms with E-state index in [2.05, 4.69) is 20.4 Å². The van der Waals surface area contributed by atoms with Crippen molar-refractivity contribution in [2.24, 2.45) is 0 Å². The number of methoxy groups -OCH3 is 1. The van der Waals surface area contributed by atoms with Gasteiger partial charge in [-0.05, 0) is 42.8 Å². The fraction of sp³-hybridized carbons (Fsp3) is 0.296. The van der Waals surface area contributed by atoms with Crippen LogP contribution < -0.4 is 10.1 Å². The van der Waals surface area contributed by atoms with Gasteiger partial charge in [0.15, 0.2) is 5.69 Å². The lowest BCUT2D eigenvalue weighted by Crippen LogP contribution is -2.40. The molecule has 2 amide bonds. The summed E-state index contributed by atoms with van der Waals surface area (Å²) in [5, 5.41) is 8.21. The van der Waals surface area contributed by atoms with Crippen molar-refractivity contribution < 1.29 is 19.1 Å². The van der Waals surface area contributed by atoms with E-state index >= 15 is 0 Å². The molecule has 1 N–H and O–H groups in total. The van der Waals surface area contributed by atoms with E-state index in [9.17, 15) is 9.59 Å². The Morgan fingerprint density at radius 1 is 1.05 bits per heavy atom. The lowest BCUT2D eigenvalue weighted by molar-refractivity contribution is 0.0303. The van der Waals surface area contributed by atoms with Crippen LogP contribution in [0.2, 0.25) is 0 Å². The first-order valence-electron chi connectivity index (χ1n) is 12.1. The fourth-order valence-corrected chi connectivity index (χ4v) is 4.21. The van der Waals surface area contributed by atoms with Crippen molar-refractivity contribution in [2.45, 2.75) is 20.0 Å². The molecule has 0 saturated carbocycles. The van der Waals surface area contributed by atoms with Gasteiger partial charge < -0.3 is 19.7 Å². The van der Waals surface area contributed by atoms with Gasteiger partial charge in [0.2, 0.25) is 0 Å². The third-order valence-electron chi connectivity index (χ3n) is 6.27. The van der Waals surface area contributed by atoms with Gasteiger partial charge in [-0.15, -0.1) is 0 Å². The number of rotatable bonds is 7. The van der Waals surface area contributed by atoms with E-state index in [-0.39, 0.29) is 18.4 Å². The van der Waals surface area contributed by atoms with Gasteiger partial charge in [0, 0.05) is 30.2 Å². The Morgan fingerprint density at radius 3 is 2.54 bits per heavy atom. The molecule has 2 aromatic heterocycles. The zero-order valence-electron chi connectivity index (χ0n) is 20.8. The highest BCUT2D eigenvalue weighted by Crippen LogP contribution is 2.25. The van der Waals surface area contributed by atoms with Crippen molar-refractivity contribution in [1.29, 1.82) is 0 Å². The normalized spacial score (nSPS) is 13.5. The smallest absolute Gasteiger partial charge is 0.272 e. The molecule has 0 spiro atoms. The Bertz CT molecular complexity index is 1410. The number of aryl methyl sites for hydroxylation is 1. The first-order valence-corrected chi connectivity index (χ1v) is 12.1. The average molecular weight is 501 g/mol. The Morgan fingerprint density at radius 2 is 1.84 bits per heavy atom. The second kappa shape index (κ2) is 10.8. The van der Waals surface area contributed by atoms with Gasteiger partial charge in [-0.3, -0.25) is 24.2 Å². The number of hydrogen-bond donors (Lipinski definition) is 1. The molecule has 2 aromatic carbocycles. The summed E-state index contributed by atoms with van der Waals surface area (Å²) in [5.41, 5.74) is 4.17. The lowest BCUT2D eigenvalue weighted by Gasteiger charge is -2.26. The molecule has 4 aromatic rings. The number of ether oxygens (including phenoxy) is 2. The predicted octanol–water partition coefficient (Wildman–Crippen LogP) is 2.59. The fourth-order valence-electron chi connectivity index (χ4n) is 4.21. The summed E-state index contributed by atoms with van der Waals surface area (Å²) < 4.78 is 12.5. The van der Waals surface area contributed by atoms with E-state index in [1.165, 1.54) is 0 Å². The summed E-state index contributed by atoms with van der Waals surface area (Å²) >= 11 is 0. The van der Waals surface area contributed by atoms with Crippen molar-refractivity contribution in [3.63, 3.8) is 0 Å². The topological polar surface area (TPSA) is 111 Å². The standard InChI is InChI=1S/C27H28N6O4/c1-18-14-29-21(15-28-18)16-30-26(34)25-23-13-22(36-2)7-8-24(23)33(31-25)17-19-3-5-20(6-4-19)27(35)32-9-11-37-12-10-32/h3-8,13-15H,9-12,16-17H2,1-2H3,(H,30,34). The number of amides is 2. The zero-order valence-corrected chi connectivity index (χ0v) is 20.8. The number of carbonyl (C=O) groups excluding carboxylic acids is 2. The molecule has 0 unspecified atom stereocenters. The van der Waals surface area contributed by atoms with Gasteiger partial charge in [-0.1, -0.05) is 12.1 Å². The maximum atomic E-state index is 13.1. The Labute approximate surface area is 214 Å². The van der Waals surface area contributed by atoms with Gasteiger partial charge in [-0.25, -0.2) is 0 Å². The molecular weight excluding hydrogens is 472 g/mol. The number of benzene rings is 2. The summed E-state index contributed by atoms with van der Waals surface area (Å²) in [5.74, 6) is 0.325.